The topological polar surface area (TPSA) is 16.1 Å². The highest BCUT2D eigenvalue weighted by Gasteiger charge is 2.11. The van der Waals surface area contributed by atoms with Gasteiger partial charge in [0.2, 0.25) is 5.95 Å². The van der Waals surface area contributed by atoms with E-state index in [1.54, 1.807) is 6.20 Å². The molecule has 0 unspecified atom stereocenters. The van der Waals surface area contributed by atoms with Crippen LogP contribution < -0.4 is 0 Å². The van der Waals surface area contributed by atoms with Gasteiger partial charge in [0.1, 0.15) is 0 Å². The minimum atomic E-state index is -0.433. The van der Waals surface area contributed by atoms with E-state index in [0.29, 0.717) is 4.47 Å². The Kier molecular flexibility index (Phi) is 3.70. The Bertz CT molecular complexity index is 337. The van der Waals surface area contributed by atoms with Gasteiger partial charge in [-0.05, 0) is 53.5 Å². The maximum absolute atomic E-state index is 12.9. The standard InChI is InChI=1S/C11H14BrFN2/c12-10-6-9(7-14-11(10)13)8-15-4-2-1-3-5-15/h6-7H,1-5,8H2. The van der Waals surface area contributed by atoms with E-state index in [-0.39, 0.29) is 0 Å². The number of piperidine rings is 1. The van der Waals surface area contributed by atoms with Crippen LogP contribution in [0.3, 0.4) is 0 Å². The molecule has 0 bridgehead atoms. The van der Waals surface area contributed by atoms with Crippen molar-refractivity contribution < 1.29 is 4.39 Å². The van der Waals surface area contributed by atoms with Crippen LogP contribution in [0.1, 0.15) is 24.8 Å². The van der Waals surface area contributed by atoms with Crippen molar-refractivity contribution >= 4 is 15.9 Å². The number of hydrogen-bond acceptors (Lipinski definition) is 2. The lowest BCUT2D eigenvalue weighted by Crippen LogP contribution is -2.29. The number of pyridine rings is 1. The summed E-state index contributed by atoms with van der Waals surface area (Å²) in [6.45, 7) is 3.18. The zero-order valence-electron chi connectivity index (χ0n) is 8.55. The van der Waals surface area contributed by atoms with E-state index in [4.69, 9.17) is 0 Å². The third kappa shape index (κ3) is 2.98. The molecule has 0 aliphatic carbocycles. The van der Waals surface area contributed by atoms with Gasteiger partial charge in [-0.2, -0.15) is 4.39 Å². The zero-order chi connectivity index (χ0) is 10.7. The lowest BCUT2D eigenvalue weighted by molar-refractivity contribution is 0.220. The van der Waals surface area contributed by atoms with E-state index in [9.17, 15) is 4.39 Å². The summed E-state index contributed by atoms with van der Waals surface area (Å²) in [5, 5.41) is 0. The summed E-state index contributed by atoms with van der Waals surface area (Å²) in [6.07, 6.45) is 5.50. The molecule has 0 amide bonds. The monoisotopic (exact) mass is 272 g/mol. The van der Waals surface area contributed by atoms with Crippen molar-refractivity contribution in [3.63, 3.8) is 0 Å². The van der Waals surface area contributed by atoms with Gasteiger partial charge in [0, 0.05) is 12.7 Å². The van der Waals surface area contributed by atoms with Crippen molar-refractivity contribution in [2.24, 2.45) is 0 Å². The van der Waals surface area contributed by atoms with E-state index in [1.807, 2.05) is 6.07 Å². The summed E-state index contributed by atoms with van der Waals surface area (Å²) in [5.74, 6) is -0.433. The van der Waals surface area contributed by atoms with Gasteiger partial charge in [-0.1, -0.05) is 6.42 Å². The first-order chi connectivity index (χ1) is 7.25. The van der Waals surface area contributed by atoms with Gasteiger partial charge in [-0.3, -0.25) is 4.90 Å². The molecular weight excluding hydrogens is 259 g/mol. The van der Waals surface area contributed by atoms with Crippen LogP contribution in [-0.2, 0) is 6.54 Å². The summed E-state index contributed by atoms with van der Waals surface area (Å²) < 4.78 is 13.4. The first kappa shape index (κ1) is 11.0. The molecular formula is C11H14BrFN2. The maximum atomic E-state index is 12.9. The second kappa shape index (κ2) is 5.03. The lowest BCUT2D eigenvalue weighted by Gasteiger charge is -2.26. The third-order valence-electron chi connectivity index (χ3n) is 2.71. The molecule has 1 saturated heterocycles. The number of rotatable bonds is 2. The molecule has 2 nitrogen and oxygen atoms in total. The van der Waals surface area contributed by atoms with E-state index in [0.717, 1.165) is 25.2 Å². The predicted octanol–water partition coefficient (Wildman–Crippen LogP) is 2.97. The average Bonchev–Trinajstić information content (AvgIpc) is 2.25. The van der Waals surface area contributed by atoms with Crippen molar-refractivity contribution in [3.05, 3.63) is 28.2 Å². The highest BCUT2D eigenvalue weighted by Crippen LogP contribution is 2.17. The van der Waals surface area contributed by atoms with E-state index < -0.39 is 5.95 Å². The van der Waals surface area contributed by atoms with Crippen molar-refractivity contribution in [2.75, 3.05) is 13.1 Å². The molecule has 0 aromatic carbocycles. The van der Waals surface area contributed by atoms with Gasteiger partial charge in [0.15, 0.2) is 0 Å². The van der Waals surface area contributed by atoms with Crippen LogP contribution >= 0.6 is 15.9 Å². The van der Waals surface area contributed by atoms with Crippen LogP contribution in [0.2, 0.25) is 0 Å². The Morgan fingerprint density at radius 1 is 1.33 bits per heavy atom. The molecule has 2 rings (SSSR count). The van der Waals surface area contributed by atoms with E-state index >= 15 is 0 Å². The van der Waals surface area contributed by atoms with Gasteiger partial charge in [-0.25, -0.2) is 4.98 Å². The lowest BCUT2D eigenvalue weighted by atomic mass is 10.1. The van der Waals surface area contributed by atoms with Crippen LogP contribution in [-0.4, -0.2) is 23.0 Å². The second-order valence-corrected chi connectivity index (χ2v) is 4.81. The van der Waals surface area contributed by atoms with Gasteiger partial charge >= 0.3 is 0 Å². The first-order valence-corrected chi connectivity index (χ1v) is 6.07. The van der Waals surface area contributed by atoms with Crippen molar-refractivity contribution in [1.29, 1.82) is 0 Å². The minimum Gasteiger partial charge on any atom is -0.299 e. The number of likely N-dealkylation sites (tertiary alicyclic amines) is 1. The number of aromatic nitrogens is 1. The smallest absolute Gasteiger partial charge is 0.227 e. The Morgan fingerprint density at radius 3 is 2.73 bits per heavy atom. The van der Waals surface area contributed by atoms with E-state index in [2.05, 4.69) is 25.8 Å². The molecule has 0 saturated carbocycles. The summed E-state index contributed by atoms with van der Waals surface area (Å²) in [6, 6.07) is 1.82. The summed E-state index contributed by atoms with van der Waals surface area (Å²) in [7, 11) is 0. The van der Waals surface area contributed by atoms with Crippen molar-refractivity contribution in [2.45, 2.75) is 25.8 Å². The summed E-state index contributed by atoms with van der Waals surface area (Å²) >= 11 is 3.15. The highest BCUT2D eigenvalue weighted by atomic mass is 79.9. The molecule has 1 aliphatic heterocycles. The molecule has 1 aromatic rings. The highest BCUT2D eigenvalue weighted by molar-refractivity contribution is 9.10. The van der Waals surface area contributed by atoms with Crippen LogP contribution in [0.5, 0.6) is 0 Å². The van der Waals surface area contributed by atoms with Crippen molar-refractivity contribution in [3.8, 4) is 0 Å². The fraction of sp³-hybridized carbons (Fsp3) is 0.545. The number of halogens is 2. The SMILES string of the molecule is Fc1ncc(CN2CCCCC2)cc1Br. The maximum Gasteiger partial charge on any atom is 0.227 e. The molecule has 4 heteroatoms. The largest absolute Gasteiger partial charge is 0.299 e. The van der Waals surface area contributed by atoms with Crippen LogP contribution in [0.15, 0.2) is 16.7 Å². The quantitative estimate of drug-likeness (QED) is 0.770. The number of nitrogens with zero attached hydrogens (tertiary/aromatic N) is 2. The van der Waals surface area contributed by atoms with Gasteiger partial charge in [-0.15, -0.1) is 0 Å². The molecule has 1 fully saturated rings. The van der Waals surface area contributed by atoms with Gasteiger partial charge in [0.05, 0.1) is 4.47 Å². The third-order valence-corrected chi connectivity index (χ3v) is 3.26. The molecule has 15 heavy (non-hydrogen) atoms. The molecule has 1 aliphatic rings. The molecule has 0 N–H and O–H groups in total. The number of hydrogen-bond donors (Lipinski definition) is 0. The van der Waals surface area contributed by atoms with Crippen LogP contribution in [0.25, 0.3) is 0 Å². The fourth-order valence-corrected chi connectivity index (χ4v) is 2.32. The molecule has 0 radical (unpaired) electrons. The Morgan fingerprint density at radius 2 is 2.07 bits per heavy atom. The van der Waals surface area contributed by atoms with Crippen LogP contribution in [0, 0.1) is 5.95 Å². The van der Waals surface area contributed by atoms with Gasteiger partial charge < -0.3 is 0 Å². The van der Waals surface area contributed by atoms with Crippen molar-refractivity contribution in [1.82, 2.24) is 9.88 Å². The molecule has 0 spiro atoms. The van der Waals surface area contributed by atoms with Gasteiger partial charge in [0.25, 0.3) is 0 Å². The second-order valence-electron chi connectivity index (χ2n) is 3.95. The normalized spacial score (nSPS) is 18.0. The van der Waals surface area contributed by atoms with Crippen LogP contribution in [0.4, 0.5) is 4.39 Å². The van der Waals surface area contributed by atoms with E-state index in [1.165, 1.54) is 19.3 Å². The minimum absolute atomic E-state index is 0.433. The Labute approximate surface area is 97.6 Å². The molecule has 0 atom stereocenters. The summed E-state index contributed by atoms with van der Waals surface area (Å²) in [4.78, 5) is 6.10. The predicted molar refractivity (Wildman–Crippen MR) is 61.0 cm³/mol. The molecule has 1 aromatic heterocycles. The summed E-state index contributed by atoms with van der Waals surface area (Å²) in [5.41, 5.74) is 1.07. The molecule has 82 valence electrons. The first-order valence-electron chi connectivity index (χ1n) is 5.28. The average molecular weight is 273 g/mol. The fourth-order valence-electron chi connectivity index (χ4n) is 1.92. The zero-order valence-corrected chi connectivity index (χ0v) is 10.1. The Hall–Kier alpha value is -0.480. The Balaban J connectivity index is 2.00. The molecule has 2 heterocycles.